The van der Waals surface area contributed by atoms with E-state index in [-0.39, 0.29) is 26.2 Å². The maximum atomic E-state index is 10.2. The summed E-state index contributed by atoms with van der Waals surface area (Å²) in [5, 5.41) is 4.19. The molecule has 5 rings (SSSR count). The van der Waals surface area contributed by atoms with Gasteiger partial charge < -0.3 is 17.3 Å². The fourth-order valence-electron chi connectivity index (χ4n) is 3.02. The zero-order chi connectivity index (χ0) is 27.4. The zero-order valence-electron chi connectivity index (χ0n) is 20.3. The van der Waals surface area contributed by atoms with E-state index in [4.69, 9.17) is 10.5 Å². The van der Waals surface area contributed by atoms with Crippen LogP contribution in [-0.2, 0) is 25.2 Å². The second-order valence-corrected chi connectivity index (χ2v) is 9.43. The minimum atomic E-state index is -6.00. The smallest absolute Gasteiger partial charge is 0.418 e. The van der Waals surface area contributed by atoms with Crippen molar-refractivity contribution < 1.29 is 42.5 Å². The molecular weight excluding hydrogens is 686 g/mol. The van der Waals surface area contributed by atoms with Crippen LogP contribution < -0.4 is 21.5 Å². The largest absolute Gasteiger partial charge is 0.673 e. The van der Waals surface area contributed by atoms with Crippen LogP contribution in [-0.4, -0.2) is 13.0 Å². The van der Waals surface area contributed by atoms with Crippen molar-refractivity contribution in [1.29, 1.82) is 0 Å². The normalized spacial score (nSPS) is 13.2. The van der Waals surface area contributed by atoms with Crippen LogP contribution in [0, 0.1) is 37.0 Å². The Balaban J connectivity index is 0.000000590. The molecule has 1 fully saturated rings. The molecule has 2 aliphatic rings. The van der Waals surface area contributed by atoms with E-state index in [0.29, 0.717) is 0 Å². The molecule has 0 N–H and O–H groups in total. The number of hydrogen-bond acceptors (Lipinski definition) is 2. The second kappa shape index (κ2) is 21.5. The molecule has 0 unspecified atom stereocenters. The molecule has 0 aliphatic heterocycles. The Morgan fingerprint density at radius 2 is 0.895 bits per heavy atom. The predicted octanol–water partition coefficient (Wildman–Crippen LogP) is 6.22. The molecule has 3 nitrogen and oxygen atoms in total. The first-order valence-corrected chi connectivity index (χ1v) is 12.6. The SMILES string of the molecule is F[B-](F)(F)F.O=C1C=CCC1.[CH]1[CH][CH][CH][CH]1.[N]=O.[Re].c1ccc(P(c2ccccc2)c2ccccc2)cc1. The summed E-state index contributed by atoms with van der Waals surface area (Å²) in [6.45, 7) is 0. The second-order valence-electron chi connectivity index (χ2n) is 7.21. The van der Waals surface area contributed by atoms with Crippen LogP contribution in [0.15, 0.2) is 103 Å². The van der Waals surface area contributed by atoms with Crippen LogP contribution in [0.5, 0.6) is 0 Å². The van der Waals surface area contributed by atoms with Crippen molar-refractivity contribution in [3.05, 3.63) is 140 Å². The summed E-state index contributed by atoms with van der Waals surface area (Å²) in [6.07, 6.45) is 15.2. The first-order valence-electron chi connectivity index (χ1n) is 11.2. The van der Waals surface area contributed by atoms with Gasteiger partial charge >= 0.3 is 7.25 Å². The van der Waals surface area contributed by atoms with Crippen LogP contribution >= 0.6 is 7.92 Å². The van der Waals surface area contributed by atoms with E-state index in [9.17, 15) is 22.1 Å². The minimum absolute atomic E-state index is 0. The topological polar surface area (TPSA) is 56.4 Å². The molecule has 7 radical (unpaired) electrons. The van der Waals surface area contributed by atoms with Crippen LogP contribution in [0.1, 0.15) is 12.8 Å². The molecule has 3 aromatic rings. The summed E-state index contributed by atoms with van der Waals surface area (Å²) in [6, 6.07) is 32.3. The van der Waals surface area contributed by atoms with E-state index in [2.05, 4.69) is 91.0 Å². The molecule has 0 aromatic heterocycles. The predicted molar refractivity (Wildman–Crippen MR) is 146 cm³/mol. The summed E-state index contributed by atoms with van der Waals surface area (Å²) in [5.74, 6) is 0.273. The molecule has 0 heterocycles. The van der Waals surface area contributed by atoms with Gasteiger partial charge in [0.15, 0.2) is 5.78 Å². The van der Waals surface area contributed by atoms with Crippen molar-refractivity contribution in [1.82, 2.24) is 5.59 Å². The van der Waals surface area contributed by atoms with Crippen LogP contribution in [0.25, 0.3) is 0 Å². The van der Waals surface area contributed by atoms with Crippen molar-refractivity contribution in [2.45, 2.75) is 12.8 Å². The number of rotatable bonds is 3. The van der Waals surface area contributed by atoms with Gasteiger partial charge in [-0.1, -0.05) is 97.1 Å². The molecule has 199 valence electrons. The first kappa shape index (κ1) is 35.5. The molecular formula is C28H26BF4NO2PRe-. The van der Waals surface area contributed by atoms with Gasteiger partial charge in [-0.3, -0.25) is 4.79 Å². The average Bonchev–Trinajstić information content (AvgIpc) is 3.64. The average molecular weight is 713 g/mol. The zero-order valence-corrected chi connectivity index (χ0v) is 23.9. The van der Waals surface area contributed by atoms with Crippen molar-refractivity contribution in [3.63, 3.8) is 0 Å². The van der Waals surface area contributed by atoms with E-state index in [1.54, 1.807) is 6.08 Å². The number of benzene rings is 3. The van der Waals surface area contributed by atoms with Gasteiger partial charge in [-0.05, 0) is 68.4 Å². The quantitative estimate of drug-likeness (QED) is 0.184. The van der Waals surface area contributed by atoms with Gasteiger partial charge in [0.25, 0.3) is 0 Å². The maximum Gasteiger partial charge on any atom is 0.673 e. The maximum absolute atomic E-state index is 10.2. The molecule has 1 saturated carbocycles. The molecule has 0 saturated heterocycles. The van der Waals surface area contributed by atoms with E-state index < -0.39 is 15.2 Å². The molecule has 0 amide bonds. The Bertz CT molecular complexity index is 918. The van der Waals surface area contributed by atoms with Gasteiger partial charge in [-0.15, -0.1) is 4.91 Å². The summed E-state index contributed by atoms with van der Waals surface area (Å²) >= 11 is 0. The van der Waals surface area contributed by atoms with Gasteiger partial charge in [0, 0.05) is 26.8 Å². The number of nitrogens with zero attached hydrogens (tertiary/aromatic N) is 1. The Kier molecular flexibility index (Phi) is 20.1. The van der Waals surface area contributed by atoms with Crippen LogP contribution in [0.3, 0.4) is 0 Å². The van der Waals surface area contributed by atoms with E-state index in [0.717, 1.165) is 12.8 Å². The molecule has 3 aromatic carbocycles. The first-order chi connectivity index (χ1) is 17.8. The molecule has 38 heavy (non-hydrogen) atoms. The third-order valence-corrected chi connectivity index (χ3v) is 6.90. The third-order valence-electron chi connectivity index (χ3n) is 4.46. The van der Waals surface area contributed by atoms with Gasteiger partial charge in [0.1, 0.15) is 5.59 Å². The Hall–Kier alpha value is -2.45. The summed E-state index contributed by atoms with van der Waals surface area (Å²) in [4.78, 5) is 17.4. The summed E-state index contributed by atoms with van der Waals surface area (Å²) < 4.78 is 39.0. The van der Waals surface area contributed by atoms with Crippen molar-refractivity contribution in [3.8, 4) is 0 Å². The third kappa shape index (κ3) is 17.1. The van der Waals surface area contributed by atoms with Gasteiger partial charge in [0.2, 0.25) is 0 Å². The van der Waals surface area contributed by atoms with Crippen LogP contribution in [0.4, 0.5) is 17.3 Å². The molecule has 0 bridgehead atoms. The van der Waals surface area contributed by atoms with E-state index in [1.807, 2.05) is 38.2 Å². The van der Waals surface area contributed by atoms with Gasteiger partial charge in [-0.25, -0.2) is 0 Å². The minimum Gasteiger partial charge on any atom is -0.418 e. The van der Waals surface area contributed by atoms with E-state index >= 15 is 0 Å². The van der Waals surface area contributed by atoms with Crippen molar-refractivity contribution in [2.75, 3.05) is 0 Å². The Labute approximate surface area is 237 Å². The fourth-order valence-corrected chi connectivity index (χ4v) is 5.33. The van der Waals surface area contributed by atoms with Gasteiger partial charge in [-0.2, -0.15) is 0 Å². The Morgan fingerprint density at radius 3 is 1.08 bits per heavy atom. The Morgan fingerprint density at radius 1 is 0.605 bits per heavy atom. The molecule has 0 atom stereocenters. The summed E-state index contributed by atoms with van der Waals surface area (Å²) in [7, 11) is -6.45. The van der Waals surface area contributed by atoms with Crippen molar-refractivity contribution in [2.24, 2.45) is 0 Å². The molecule has 2 aliphatic carbocycles. The number of carbonyl (C=O) groups excluding carboxylic acids is 1. The fraction of sp³-hybridized carbons (Fsp3) is 0.0714. The number of halogens is 4. The van der Waals surface area contributed by atoms with E-state index in [1.165, 1.54) is 15.9 Å². The molecule has 10 heteroatoms. The number of hydrogen-bond donors (Lipinski definition) is 0. The standard InChI is InChI=1S/C18H15P.C5H6O.C5H5.BF4.NO.Re/c1-4-10-16(11-5-1)19(17-12-6-2-7-13-17)18-14-8-3-9-15-18;6-5-3-1-2-4-5;1-2-4-5-3-1;2-1(3,4)5;1-2;/h1-15H;1,3H,2,4H2;1-5H;;;/q;;;-1;;. The van der Waals surface area contributed by atoms with Crippen molar-refractivity contribution >= 4 is 36.9 Å². The monoisotopic (exact) mass is 713 g/mol. The summed E-state index contributed by atoms with van der Waals surface area (Å²) in [5.41, 5.74) is 5.75. The number of carbonyl (C=O) groups is 1. The number of nitroso groups, excluding NO2 is 1. The van der Waals surface area contributed by atoms with Gasteiger partial charge in [0.05, 0.1) is 0 Å². The van der Waals surface area contributed by atoms with Crippen LogP contribution in [0.2, 0.25) is 0 Å². The number of ketones is 1. The number of allylic oxidation sites excluding steroid dienone is 2. The molecule has 0 spiro atoms.